The first-order valence-electron chi connectivity index (χ1n) is 7.78. The van der Waals surface area contributed by atoms with E-state index in [4.69, 9.17) is 9.47 Å². The maximum atomic E-state index is 11.8. The molecule has 0 aliphatic rings. The van der Waals surface area contributed by atoms with Crippen LogP contribution in [-0.4, -0.2) is 40.9 Å². The van der Waals surface area contributed by atoms with Gasteiger partial charge in [0.2, 0.25) is 0 Å². The number of carbonyl (C=O) groups is 3. The number of rotatable bonds is 6. The van der Waals surface area contributed by atoms with Gasteiger partial charge in [-0.05, 0) is 33.3 Å². The van der Waals surface area contributed by atoms with Crippen LogP contribution in [0.3, 0.4) is 0 Å². The van der Waals surface area contributed by atoms with Crippen molar-refractivity contribution >= 4 is 18.2 Å². The summed E-state index contributed by atoms with van der Waals surface area (Å²) >= 11 is 0. The van der Waals surface area contributed by atoms with Crippen LogP contribution in [0.5, 0.6) is 0 Å². The highest BCUT2D eigenvalue weighted by Gasteiger charge is 2.30. The minimum Gasteiger partial charge on any atom is -0.480 e. The summed E-state index contributed by atoms with van der Waals surface area (Å²) < 4.78 is 10.0. The predicted molar refractivity (Wildman–Crippen MR) is 90.0 cm³/mol. The molecule has 1 rings (SSSR count). The first-order valence-corrected chi connectivity index (χ1v) is 7.78. The van der Waals surface area contributed by atoms with E-state index in [1.165, 1.54) is 6.92 Å². The second-order valence-corrected chi connectivity index (χ2v) is 6.46. The molecule has 0 radical (unpaired) electrons. The topological polar surface area (TPSA) is 114 Å². The lowest BCUT2D eigenvalue weighted by Crippen LogP contribution is -2.55. The minimum atomic E-state index is -1.36. The van der Waals surface area contributed by atoms with Gasteiger partial charge in [-0.2, -0.15) is 0 Å². The monoisotopic (exact) mass is 352 g/mol. The standard InChI is InChI=1S/C17H24N2O6/c1-11(13(14(20)21)19-16(23)25-17(2,3)4)18-15(22)24-10-12-8-6-5-7-9-12/h5-9,11,13H,10H2,1-4H3,(H,18,22)(H,19,23)(H,20,21)/t11-,13+/m0/s1. The number of carbonyl (C=O) groups excluding carboxylic acids is 2. The maximum absolute atomic E-state index is 11.8. The SMILES string of the molecule is C[C@H](NC(=O)OCc1ccccc1)[C@@H](NC(=O)OC(C)(C)C)C(=O)O. The van der Waals surface area contributed by atoms with Crippen LogP contribution in [0.25, 0.3) is 0 Å². The summed E-state index contributed by atoms with van der Waals surface area (Å²) in [6.07, 6.45) is -1.67. The van der Waals surface area contributed by atoms with Crippen molar-refractivity contribution < 1.29 is 29.0 Å². The van der Waals surface area contributed by atoms with Gasteiger partial charge in [0.25, 0.3) is 0 Å². The van der Waals surface area contributed by atoms with Gasteiger partial charge >= 0.3 is 18.2 Å². The zero-order valence-corrected chi connectivity index (χ0v) is 14.7. The fraction of sp³-hybridized carbons (Fsp3) is 0.471. The Hall–Kier alpha value is -2.77. The molecule has 0 bridgehead atoms. The molecule has 0 fully saturated rings. The average Bonchev–Trinajstić information content (AvgIpc) is 2.49. The molecule has 2 amide bonds. The summed E-state index contributed by atoms with van der Waals surface area (Å²) in [6, 6.07) is 6.77. The second-order valence-electron chi connectivity index (χ2n) is 6.46. The number of benzene rings is 1. The van der Waals surface area contributed by atoms with Gasteiger partial charge in [-0.1, -0.05) is 30.3 Å². The average molecular weight is 352 g/mol. The third kappa shape index (κ3) is 8.05. The predicted octanol–water partition coefficient (Wildman–Crippen LogP) is 2.28. The summed E-state index contributed by atoms with van der Waals surface area (Å²) in [5.41, 5.74) is 0.0327. The van der Waals surface area contributed by atoms with Crippen LogP contribution < -0.4 is 10.6 Å². The van der Waals surface area contributed by atoms with Crippen LogP contribution in [0.1, 0.15) is 33.3 Å². The molecule has 1 aromatic carbocycles. The van der Waals surface area contributed by atoms with Gasteiger partial charge in [0.05, 0.1) is 6.04 Å². The molecule has 8 nitrogen and oxygen atoms in total. The quantitative estimate of drug-likeness (QED) is 0.724. The fourth-order valence-corrected chi connectivity index (χ4v) is 1.87. The summed E-state index contributed by atoms with van der Waals surface area (Å²) in [4.78, 5) is 34.9. The number of ether oxygens (including phenoxy) is 2. The van der Waals surface area contributed by atoms with Crippen LogP contribution >= 0.6 is 0 Å². The van der Waals surface area contributed by atoms with E-state index in [1.807, 2.05) is 18.2 Å². The zero-order valence-electron chi connectivity index (χ0n) is 14.7. The van der Waals surface area contributed by atoms with E-state index in [9.17, 15) is 19.5 Å². The Bertz CT molecular complexity index is 597. The number of hydrogen-bond donors (Lipinski definition) is 3. The smallest absolute Gasteiger partial charge is 0.408 e. The first kappa shape index (κ1) is 20.3. The van der Waals surface area contributed by atoms with Crippen molar-refractivity contribution in [2.75, 3.05) is 0 Å². The third-order valence-electron chi connectivity index (χ3n) is 3.00. The van der Waals surface area contributed by atoms with E-state index in [-0.39, 0.29) is 6.61 Å². The van der Waals surface area contributed by atoms with Gasteiger partial charge in [0.15, 0.2) is 0 Å². The van der Waals surface area contributed by atoms with Crippen LogP contribution in [-0.2, 0) is 20.9 Å². The molecule has 0 unspecified atom stereocenters. The summed E-state index contributed by atoms with van der Waals surface area (Å²) in [5.74, 6) is -1.30. The van der Waals surface area contributed by atoms with Crippen molar-refractivity contribution in [3.63, 3.8) is 0 Å². The maximum Gasteiger partial charge on any atom is 0.408 e. The molecule has 0 aromatic heterocycles. The van der Waals surface area contributed by atoms with E-state index < -0.39 is 35.8 Å². The van der Waals surface area contributed by atoms with Crippen molar-refractivity contribution in [2.24, 2.45) is 0 Å². The van der Waals surface area contributed by atoms with Crippen LogP contribution in [0.15, 0.2) is 30.3 Å². The van der Waals surface area contributed by atoms with Crippen molar-refractivity contribution in [3.8, 4) is 0 Å². The molecule has 8 heteroatoms. The molecule has 3 N–H and O–H groups in total. The Morgan fingerprint density at radius 3 is 2.20 bits per heavy atom. The highest BCUT2D eigenvalue weighted by atomic mass is 16.6. The van der Waals surface area contributed by atoms with E-state index in [1.54, 1.807) is 32.9 Å². The van der Waals surface area contributed by atoms with E-state index in [0.717, 1.165) is 5.56 Å². The lowest BCUT2D eigenvalue weighted by Gasteiger charge is -2.25. The molecular weight excluding hydrogens is 328 g/mol. The lowest BCUT2D eigenvalue weighted by molar-refractivity contribution is -0.140. The molecule has 0 saturated heterocycles. The molecular formula is C17H24N2O6. The number of amides is 2. The van der Waals surface area contributed by atoms with Crippen LogP contribution in [0, 0.1) is 0 Å². The van der Waals surface area contributed by atoms with E-state index in [2.05, 4.69) is 10.6 Å². The minimum absolute atomic E-state index is 0.0522. The highest BCUT2D eigenvalue weighted by molar-refractivity contribution is 5.81. The van der Waals surface area contributed by atoms with Crippen LogP contribution in [0.4, 0.5) is 9.59 Å². The van der Waals surface area contributed by atoms with Crippen molar-refractivity contribution in [1.82, 2.24) is 10.6 Å². The summed E-state index contributed by atoms with van der Waals surface area (Å²) in [7, 11) is 0. The zero-order chi connectivity index (χ0) is 19.0. The van der Waals surface area contributed by atoms with Gasteiger partial charge in [-0.3, -0.25) is 0 Å². The third-order valence-corrected chi connectivity index (χ3v) is 3.00. The second kappa shape index (κ2) is 8.91. The Kier molecular flexibility index (Phi) is 7.22. The molecule has 2 atom stereocenters. The Morgan fingerprint density at radius 1 is 1.08 bits per heavy atom. The molecule has 0 aliphatic heterocycles. The van der Waals surface area contributed by atoms with E-state index in [0.29, 0.717) is 0 Å². The molecule has 0 aliphatic carbocycles. The van der Waals surface area contributed by atoms with Crippen molar-refractivity contribution in [2.45, 2.75) is 52.0 Å². The fourth-order valence-electron chi connectivity index (χ4n) is 1.87. The summed E-state index contributed by atoms with van der Waals surface area (Å²) in [6.45, 7) is 6.47. The summed E-state index contributed by atoms with van der Waals surface area (Å²) in [5, 5.41) is 13.9. The number of alkyl carbamates (subject to hydrolysis) is 2. The van der Waals surface area contributed by atoms with Gasteiger partial charge in [-0.15, -0.1) is 0 Å². The Morgan fingerprint density at radius 2 is 1.68 bits per heavy atom. The first-order chi connectivity index (χ1) is 11.6. The Labute approximate surface area is 146 Å². The molecule has 1 aromatic rings. The molecule has 138 valence electrons. The van der Waals surface area contributed by atoms with Gasteiger partial charge in [0.1, 0.15) is 18.2 Å². The van der Waals surface area contributed by atoms with Gasteiger partial charge in [0, 0.05) is 0 Å². The van der Waals surface area contributed by atoms with Gasteiger partial charge < -0.3 is 25.2 Å². The lowest BCUT2D eigenvalue weighted by atomic mass is 10.1. The number of hydrogen-bond acceptors (Lipinski definition) is 5. The van der Waals surface area contributed by atoms with Crippen molar-refractivity contribution in [1.29, 1.82) is 0 Å². The number of carboxylic acids is 1. The van der Waals surface area contributed by atoms with E-state index >= 15 is 0 Å². The molecule has 0 spiro atoms. The largest absolute Gasteiger partial charge is 0.480 e. The van der Waals surface area contributed by atoms with Crippen LogP contribution in [0.2, 0.25) is 0 Å². The van der Waals surface area contributed by atoms with Gasteiger partial charge in [-0.25, -0.2) is 14.4 Å². The number of carboxylic acid groups (broad SMARTS) is 1. The Balaban J connectivity index is 2.55. The number of aliphatic carboxylic acids is 1. The highest BCUT2D eigenvalue weighted by Crippen LogP contribution is 2.07. The van der Waals surface area contributed by atoms with Crippen molar-refractivity contribution in [3.05, 3.63) is 35.9 Å². The molecule has 0 heterocycles. The normalized spacial score (nSPS) is 13.3. The molecule has 0 saturated carbocycles. The molecule has 25 heavy (non-hydrogen) atoms. The number of nitrogens with one attached hydrogen (secondary N) is 2.